The zero-order chi connectivity index (χ0) is 13.3. The van der Waals surface area contributed by atoms with Crippen LogP contribution in [0.25, 0.3) is 0 Å². The molecule has 0 fully saturated rings. The van der Waals surface area contributed by atoms with Gasteiger partial charge in [-0.1, -0.05) is 0 Å². The molecule has 0 nitrogen and oxygen atoms in total. The predicted molar refractivity (Wildman–Crippen MR) is 103 cm³/mol. The van der Waals surface area contributed by atoms with E-state index < -0.39 is 0 Å². The Morgan fingerprint density at radius 1 is 0.500 bits per heavy atom. The van der Waals surface area contributed by atoms with Gasteiger partial charge in [-0.3, -0.25) is 0 Å². The first kappa shape index (κ1) is 19.8. The first-order valence-corrected chi connectivity index (χ1v) is 11.6. The lowest BCUT2D eigenvalue weighted by Crippen LogP contribution is -1.89. The Balaban J connectivity index is 2.86. The van der Waals surface area contributed by atoms with E-state index in [-0.39, 0.29) is 0 Å². The van der Waals surface area contributed by atoms with Crippen molar-refractivity contribution in [3.8, 4) is 0 Å². The topological polar surface area (TPSA) is 0 Å². The fourth-order valence-electron chi connectivity index (χ4n) is 1.40. The van der Waals surface area contributed by atoms with Crippen molar-refractivity contribution in [2.45, 2.75) is 38.5 Å². The summed E-state index contributed by atoms with van der Waals surface area (Å²) in [6.45, 7) is 0. The Bertz CT molecular complexity index is 127. The first-order chi connectivity index (χ1) is 8.91. The van der Waals surface area contributed by atoms with Gasteiger partial charge in [0.15, 0.2) is 0 Å². The molecule has 0 saturated carbocycles. The van der Waals surface area contributed by atoms with Crippen molar-refractivity contribution in [3.63, 3.8) is 0 Å². The minimum atomic E-state index is 0.971. The minimum absolute atomic E-state index is 0.971. The summed E-state index contributed by atoms with van der Waals surface area (Å²) < 4.78 is 0. The van der Waals surface area contributed by atoms with E-state index in [9.17, 15) is 0 Å². The van der Waals surface area contributed by atoms with Gasteiger partial charge in [0, 0.05) is 5.08 Å². The van der Waals surface area contributed by atoms with Crippen LogP contribution in [0.3, 0.4) is 0 Å². The number of hydrogen-bond acceptors (Lipinski definition) is 5. The Hall–Kier alpha value is 1.75. The summed E-state index contributed by atoms with van der Waals surface area (Å²) in [5.74, 6) is 7.72. The summed E-state index contributed by atoms with van der Waals surface area (Å²) in [6.07, 6.45) is 8.15. The number of thioether (sulfide) groups is 3. The molecule has 0 aliphatic heterocycles. The van der Waals surface area contributed by atoms with Gasteiger partial charge in [0.2, 0.25) is 0 Å². The molecule has 0 amide bonds. The van der Waals surface area contributed by atoms with Crippen LogP contribution in [0, 0.1) is 0 Å². The molecule has 0 unspecified atom stereocenters. The highest BCUT2D eigenvalue weighted by Gasteiger charge is 1.93. The third-order valence-corrected chi connectivity index (χ3v) is 6.38. The number of unbranched alkanes of at least 4 members (excludes halogenated alkanes) is 3. The van der Waals surface area contributed by atoms with Gasteiger partial charge in [0.05, 0.1) is 0 Å². The lowest BCUT2D eigenvalue weighted by molar-refractivity contribution is 0.883. The van der Waals surface area contributed by atoms with Gasteiger partial charge in [-0.15, -0.1) is 0 Å². The zero-order valence-corrected chi connectivity index (χ0v) is 15.5. The molecule has 0 spiro atoms. The van der Waals surface area contributed by atoms with Crippen LogP contribution in [-0.2, 0) is 0 Å². The summed E-state index contributed by atoms with van der Waals surface area (Å²) in [4.78, 5) is 0. The van der Waals surface area contributed by atoms with Gasteiger partial charge in [0.25, 0.3) is 0 Å². The fraction of sp³-hybridized carbons (Fsp3) is 1.00. The third kappa shape index (κ3) is 17.8. The smallest absolute Gasteiger partial charge is 0.0361 e. The Kier molecular flexibility index (Phi) is 20.6. The maximum absolute atomic E-state index is 4.22. The lowest BCUT2D eigenvalue weighted by atomic mass is 10.4. The highest BCUT2D eigenvalue weighted by atomic mass is 32.2. The second kappa shape index (κ2) is 18.8. The monoisotopic (exact) mass is 344 g/mol. The van der Waals surface area contributed by atoms with E-state index >= 15 is 0 Å². The van der Waals surface area contributed by atoms with Gasteiger partial charge in [0.1, 0.15) is 0 Å². The number of hydrogen-bond donors (Lipinski definition) is 2. The normalized spacial score (nSPS) is 11.0. The van der Waals surface area contributed by atoms with Crippen molar-refractivity contribution in [1.29, 1.82) is 0 Å². The average Bonchev–Trinajstić information content (AvgIpc) is 2.39. The van der Waals surface area contributed by atoms with Gasteiger partial charge in [-0.05, 0) is 73.0 Å². The average molecular weight is 345 g/mol. The molecule has 0 aliphatic carbocycles. The second-order valence-corrected chi connectivity index (χ2v) is 8.85. The Morgan fingerprint density at radius 2 is 0.889 bits per heavy atom. The SMILES string of the molecule is SCCCCSCCCCSCCCCSCS. The summed E-state index contributed by atoms with van der Waals surface area (Å²) >= 11 is 14.6. The number of thiol groups is 2. The molecule has 0 N–H and O–H groups in total. The van der Waals surface area contributed by atoms with E-state index in [2.05, 4.69) is 48.8 Å². The molecule has 0 heterocycles. The number of rotatable bonds is 15. The van der Waals surface area contributed by atoms with Crippen LogP contribution in [0.5, 0.6) is 0 Å². The summed E-state index contributed by atoms with van der Waals surface area (Å²) in [5, 5.41) is 0.971. The predicted octanol–water partition coefficient (Wildman–Crippen LogP) is 5.34. The molecule has 0 aromatic carbocycles. The summed E-state index contributed by atoms with van der Waals surface area (Å²) in [5.41, 5.74) is 0. The molecular weight excluding hydrogens is 316 g/mol. The van der Waals surface area contributed by atoms with E-state index in [1.165, 1.54) is 67.3 Å². The van der Waals surface area contributed by atoms with E-state index in [1.807, 2.05) is 11.8 Å². The largest absolute Gasteiger partial charge is 0.179 e. The van der Waals surface area contributed by atoms with E-state index in [0.717, 1.165) is 10.8 Å². The molecule has 0 radical (unpaired) electrons. The first-order valence-electron chi connectivity index (χ1n) is 6.86. The van der Waals surface area contributed by atoms with Gasteiger partial charge in [-0.25, -0.2) is 0 Å². The molecule has 0 aromatic rings. The maximum Gasteiger partial charge on any atom is 0.0361 e. The molecule has 0 bridgehead atoms. The van der Waals surface area contributed by atoms with E-state index in [4.69, 9.17) is 0 Å². The molecule has 110 valence electrons. The quantitative estimate of drug-likeness (QED) is 0.234. The highest BCUT2D eigenvalue weighted by molar-refractivity contribution is 8.09. The van der Waals surface area contributed by atoms with Crippen LogP contribution in [-0.4, -0.2) is 39.6 Å². The maximum atomic E-state index is 4.22. The zero-order valence-electron chi connectivity index (χ0n) is 11.3. The van der Waals surface area contributed by atoms with Crippen molar-refractivity contribution in [2.24, 2.45) is 0 Å². The van der Waals surface area contributed by atoms with Gasteiger partial charge >= 0.3 is 0 Å². The Labute approximate surface area is 138 Å². The second-order valence-electron chi connectivity index (χ2n) is 4.11. The van der Waals surface area contributed by atoms with E-state index in [1.54, 1.807) is 0 Å². The van der Waals surface area contributed by atoms with Crippen LogP contribution in [0.4, 0.5) is 0 Å². The van der Waals surface area contributed by atoms with Crippen LogP contribution in [0.15, 0.2) is 0 Å². The van der Waals surface area contributed by atoms with Crippen LogP contribution in [0.1, 0.15) is 38.5 Å². The lowest BCUT2D eigenvalue weighted by Gasteiger charge is -2.03. The fourth-order valence-corrected chi connectivity index (χ4v) is 4.59. The van der Waals surface area contributed by atoms with Crippen LogP contribution >= 0.6 is 60.5 Å². The molecule has 0 aromatic heterocycles. The van der Waals surface area contributed by atoms with Crippen LogP contribution < -0.4 is 0 Å². The third-order valence-electron chi connectivity index (χ3n) is 2.44. The van der Waals surface area contributed by atoms with Crippen molar-refractivity contribution < 1.29 is 0 Å². The molecule has 5 heteroatoms. The molecule has 18 heavy (non-hydrogen) atoms. The van der Waals surface area contributed by atoms with E-state index in [0.29, 0.717) is 0 Å². The molecule has 0 saturated heterocycles. The molecule has 0 rings (SSSR count). The van der Waals surface area contributed by atoms with Crippen molar-refractivity contribution in [2.75, 3.05) is 39.6 Å². The van der Waals surface area contributed by atoms with Gasteiger partial charge < -0.3 is 0 Å². The summed E-state index contributed by atoms with van der Waals surface area (Å²) in [7, 11) is 0. The van der Waals surface area contributed by atoms with Crippen molar-refractivity contribution >= 4 is 60.5 Å². The molecular formula is C13H28S5. The van der Waals surface area contributed by atoms with Crippen molar-refractivity contribution in [3.05, 3.63) is 0 Å². The highest BCUT2D eigenvalue weighted by Crippen LogP contribution is 2.13. The summed E-state index contributed by atoms with van der Waals surface area (Å²) in [6, 6.07) is 0. The molecule has 0 atom stereocenters. The minimum Gasteiger partial charge on any atom is -0.179 e. The standard InChI is InChI=1S/C13H28S5/c14-7-1-2-8-16-9-3-4-10-17-11-5-6-12-18-13-15/h14-15H,1-13H2. The Morgan fingerprint density at radius 3 is 1.28 bits per heavy atom. The molecule has 0 aliphatic rings. The van der Waals surface area contributed by atoms with Gasteiger partial charge in [-0.2, -0.15) is 60.5 Å². The van der Waals surface area contributed by atoms with Crippen molar-refractivity contribution in [1.82, 2.24) is 0 Å². The van der Waals surface area contributed by atoms with Crippen LogP contribution in [0.2, 0.25) is 0 Å².